The van der Waals surface area contributed by atoms with E-state index in [1.165, 1.54) is 4.90 Å². The van der Waals surface area contributed by atoms with E-state index in [2.05, 4.69) is 10.2 Å². The zero-order valence-electron chi connectivity index (χ0n) is 16.4. The van der Waals surface area contributed by atoms with E-state index in [4.69, 9.17) is 0 Å². The first kappa shape index (κ1) is 18.9. The summed E-state index contributed by atoms with van der Waals surface area (Å²) in [4.78, 5) is 15.8. The predicted molar refractivity (Wildman–Crippen MR) is 109 cm³/mol. The normalized spacial score (nSPS) is 26.3. The number of aromatic nitrogens is 2. The molecule has 0 saturated carbocycles. The lowest BCUT2D eigenvalue weighted by atomic mass is 9.93. The van der Waals surface area contributed by atoms with Crippen LogP contribution in [0.4, 0.5) is 8.78 Å². The number of nitrogens with one attached hydrogen (secondary N) is 1. The van der Waals surface area contributed by atoms with Gasteiger partial charge in [-0.15, -0.1) is 0 Å². The number of rotatable bonds is 5. The molecule has 5 nitrogen and oxygen atoms in total. The third-order valence-electron chi connectivity index (χ3n) is 6.08. The maximum atomic E-state index is 15.7. The molecule has 0 aliphatic carbocycles. The highest BCUT2D eigenvalue weighted by Gasteiger charge is 2.70. The summed E-state index contributed by atoms with van der Waals surface area (Å²) in [5.74, 6) is -0.758. The first-order chi connectivity index (χ1) is 14.5. The van der Waals surface area contributed by atoms with Crippen LogP contribution in [0.15, 0.2) is 66.9 Å². The van der Waals surface area contributed by atoms with Crippen LogP contribution in [0.3, 0.4) is 0 Å². The Kier molecular flexibility index (Phi) is 4.43. The first-order valence-corrected chi connectivity index (χ1v) is 10.00. The Balaban J connectivity index is 1.33. The fraction of sp³-hybridized carbons (Fsp3) is 0.304. The second-order valence-corrected chi connectivity index (χ2v) is 8.19. The number of alkyl halides is 2. The van der Waals surface area contributed by atoms with Crippen molar-refractivity contribution in [3.05, 3.63) is 78.0 Å². The molecule has 7 heteroatoms. The number of benzene rings is 2. The topological polar surface area (TPSA) is 52.2 Å². The molecule has 0 unspecified atom stereocenters. The zero-order valence-corrected chi connectivity index (χ0v) is 16.4. The third-order valence-corrected chi connectivity index (χ3v) is 6.08. The number of hydrogen-bond donors (Lipinski definition) is 1. The molecule has 0 spiro atoms. The number of carbonyl (C=O) groups excluding carboxylic acids is 1. The first-order valence-electron chi connectivity index (χ1n) is 10.00. The van der Waals surface area contributed by atoms with Crippen molar-refractivity contribution in [3.8, 4) is 11.3 Å². The Morgan fingerprint density at radius 1 is 0.933 bits per heavy atom. The number of fused-ring (bicyclic) bond motifs is 1. The Bertz CT molecular complexity index is 1060. The molecule has 154 valence electrons. The molecule has 2 saturated heterocycles. The molecule has 1 amide bonds. The molecule has 1 N–H and O–H groups in total. The van der Waals surface area contributed by atoms with Crippen molar-refractivity contribution in [2.45, 2.75) is 24.4 Å². The fourth-order valence-electron chi connectivity index (χ4n) is 4.61. The summed E-state index contributed by atoms with van der Waals surface area (Å²) in [6.07, 6.45) is 1.68. The highest BCUT2D eigenvalue weighted by molar-refractivity contribution is 5.90. The summed E-state index contributed by atoms with van der Waals surface area (Å²) in [6.45, 7) is -0.0709. The number of amides is 1. The lowest BCUT2D eigenvalue weighted by molar-refractivity contribution is -0.139. The van der Waals surface area contributed by atoms with Crippen LogP contribution in [0.2, 0.25) is 0 Å². The molecule has 3 aromatic rings. The summed E-state index contributed by atoms with van der Waals surface area (Å²) < 4.78 is 31.4. The number of hydrogen-bond acceptors (Lipinski definition) is 3. The van der Waals surface area contributed by atoms with Gasteiger partial charge in [-0.3, -0.25) is 14.8 Å². The van der Waals surface area contributed by atoms with Crippen molar-refractivity contribution in [2.75, 3.05) is 19.6 Å². The van der Waals surface area contributed by atoms with Crippen molar-refractivity contribution in [2.24, 2.45) is 0 Å². The molecular weight excluding hydrogens is 386 g/mol. The van der Waals surface area contributed by atoms with E-state index >= 15 is 8.78 Å². The van der Waals surface area contributed by atoms with Gasteiger partial charge in [0.1, 0.15) is 0 Å². The van der Waals surface area contributed by atoms with Gasteiger partial charge in [0.25, 0.3) is 5.91 Å². The summed E-state index contributed by atoms with van der Waals surface area (Å²) in [5.41, 5.74) is -1.24. The molecule has 5 rings (SSSR count). The van der Waals surface area contributed by atoms with Gasteiger partial charge in [0.05, 0.1) is 18.4 Å². The van der Waals surface area contributed by atoms with E-state index in [-0.39, 0.29) is 26.2 Å². The quantitative estimate of drug-likeness (QED) is 0.705. The van der Waals surface area contributed by atoms with Crippen LogP contribution in [0.5, 0.6) is 0 Å². The van der Waals surface area contributed by atoms with Gasteiger partial charge in [0.2, 0.25) is 5.67 Å². The van der Waals surface area contributed by atoms with Crippen molar-refractivity contribution < 1.29 is 13.6 Å². The molecule has 2 atom stereocenters. The zero-order chi connectivity index (χ0) is 20.8. The van der Waals surface area contributed by atoms with E-state index in [0.29, 0.717) is 6.54 Å². The van der Waals surface area contributed by atoms with E-state index in [0.717, 1.165) is 22.4 Å². The van der Waals surface area contributed by atoms with Crippen molar-refractivity contribution in [1.82, 2.24) is 20.0 Å². The standard InChI is InChI=1S/C23H22F2N4O/c24-22-14-28(13-19-11-26-27-20(19)18-9-5-2-6-10-18)16-23(22,25)21(30)29(15-22)12-17-7-3-1-4-8-17/h1-11H,12-16H2,(H,26,27)/t22-,23+/m0/s1. The summed E-state index contributed by atoms with van der Waals surface area (Å²) in [6, 6.07) is 19.0. The van der Waals surface area contributed by atoms with Gasteiger partial charge in [-0.05, 0) is 11.1 Å². The van der Waals surface area contributed by atoms with Gasteiger partial charge in [0.15, 0.2) is 5.67 Å². The molecule has 0 bridgehead atoms. The molecule has 2 aliphatic heterocycles. The summed E-state index contributed by atoms with van der Waals surface area (Å²) >= 11 is 0. The van der Waals surface area contributed by atoms with E-state index in [9.17, 15) is 4.79 Å². The van der Waals surface area contributed by atoms with Crippen LogP contribution in [0.25, 0.3) is 11.3 Å². The second kappa shape index (κ2) is 7.02. The average molecular weight is 408 g/mol. The summed E-state index contributed by atoms with van der Waals surface area (Å²) in [5, 5.41) is 7.08. The van der Waals surface area contributed by atoms with Crippen LogP contribution < -0.4 is 0 Å². The smallest absolute Gasteiger partial charge is 0.265 e. The third kappa shape index (κ3) is 3.01. The van der Waals surface area contributed by atoms with E-state index < -0.39 is 17.2 Å². The van der Waals surface area contributed by atoms with Crippen LogP contribution in [0, 0.1) is 0 Å². The highest BCUT2D eigenvalue weighted by Crippen LogP contribution is 2.46. The second-order valence-electron chi connectivity index (χ2n) is 8.19. The molecule has 1 aromatic heterocycles. The lowest BCUT2D eigenvalue weighted by Crippen LogP contribution is -2.47. The van der Waals surface area contributed by atoms with Crippen LogP contribution in [-0.2, 0) is 17.9 Å². The monoisotopic (exact) mass is 408 g/mol. The highest BCUT2D eigenvalue weighted by atomic mass is 19.2. The van der Waals surface area contributed by atoms with Gasteiger partial charge < -0.3 is 4.90 Å². The minimum absolute atomic E-state index is 0.125. The van der Waals surface area contributed by atoms with Crippen molar-refractivity contribution in [1.29, 1.82) is 0 Å². The van der Waals surface area contributed by atoms with Crippen LogP contribution in [0.1, 0.15) is 11.1 Å². The van der Waals surface area contributed by atoms with Gasteiger partial charge in [-0.1, -0.05) is 60.7 Å². The van der Waals surface area contributed by atoms with Gasteiger partial charge in [-0.2, -0.15) is 5.10 Å². The average Bonchev–Trinajstić information content (AvgIpc) is 3.35. The number of likely N-dealkylation sites (tertiary alicyclic amines) is 2. The largest absolute Gasteiger partial charge is 0.332 e. The van der Waals surface area contributed by atoms with E-state index in [1.807, 2.05) is 60.7 Å². The maximum absolute atomic E-state index is 15.7. The molecular formula is C23H22F2N4O. The Morgan fingerprint density at radius 3 is 2.33 bits per heavy atom. The molecule has 30 heavy (non-hydrogen) atoms. The predicted octanol–water partition coefficient (Wildman–Crippen LogP) is 3.35. The molecule has 2 aromatic carbocycles. The fourth-order valence-corrected chi connectivity index (χ4v) is 4.61. The van der Waals surface area contributed by atoms with Crippen LogP contribution >= 0.6 is 0 Å². The minimum atomic E-state index is -2.52. The molecule has 0 radical (unpaired) electrons. The number of halogens is 2. The molecule has 2 aliphatic rings. The van der Waals surface area contributed by atoms with E-state index in [1.54, 1.807) is 11.1 Å². The van der Waals surface area contributed by atoms with Gasteiger partial charge in [0, 0.05) is 31.7 Å². The Morgan fingerprint density at radius 2 is 1.63 bits per heavy atom. The summed E-state index contributed by atoms with van der Waals surface area (Å²) in [7, 11) is 0. The number of nitrogens with zero attached hydrogens (tertiary/aromatic N) is 3. The van der Waals surface area contributed by atoms with Gasteiger partial charge >= 0.3 is 0 Å². The number of H-pyrrole nitrogens is 1. The van der Waals surface area contributed by atoms with Crippen LogP contribution in [-0.4, -0.2) is 56.9 Å². The molecule has 3 heterocycles. The number of aromatic amines is 1. The maximum Gasteiger partial charge on any atom is 0.265 e. The molecule has 2 fully saturated rings. The SMILES string of the molecule is O=C1N(Cc2ccccc2)C[C@@]2(F)CN(Cc3cn[nH]c3-c3ccccc3)C[C@@]12F. The lowest BCUT2D eigenvalue weighted by Gasteiger charge is -2.22. The Hall–Kier alpha value is -3.06. The van der Waals surface area contributed by atoms with Crippen molar-refractivity contribution >= 4 is 5.91 Å². The van der Waals surface area contributed by atoms with Crippen molar-refractivity contribution in [3.63, 3.8) is 0 Å². The van der Waals surface area contributed by atoms with Gasteiger partial charge in [-0.25, -0.2) is 8.78 Å². The Labute approximate surface area is 173 Å². The minimum Gasteiger partial charge on any atom is -0.332 e. The number of carbonyl (C=O) groups is 1.